The summed E-state index contributed by atoms with van der Waals surface area (Å²) < 4.78 is 59.6. The van der Waals surface area contributed by atoms with E-state index in [-0.39, 0.29) is 16.8 Å². The van der Waals surface area contributed by atoms with E-state index >= 15 is 0 Å². The van der Waals surface area contributed by atoms with Crippen LogP contribution in [0.15, 0.2) is 47.4 Å². The van der Waals surface area contributed by atoms with Crippen LogP contribution in [0.5, 0.6) is 0 Å². The van der Waals surface area contributed by atoms with Crippen molar-refractivity contribution in [2.24, 2.45) is 0 Å². The Kier molecular flexibility index (Phi) is 8.79. The fourth-order valence-corrected chi connectivity index (χ4v) is 5.48. The number of carboxylic acid groups (broad SMARTS) is 1. The molecule has 0 aromatic heterocycles. The number of hydrogen-bond acceptors (Lipinski definition) is 4. The summed E-state index contributed by atoms with van der Waals surface area (Å²) in [5, 5.41) is 10.8. The monoisotopic (exact) mass is 560 g/mol. The highest BCUT2D eigenvalue weighted by molar-refractivity contribution is 7.92. The first-order valence-electron chi connectivity index (χ1n) is 11.8. The number of aliphatic carboxylic acids is 1. The third-order valence-corrected chi connectivity index (χ3v) is 8.30. The van der Waals surface area contributed by atoms with Gasteiger partial charge in [0.25, 0.3) is 10.0 Å². The average Bonchev–Trinajstić information content (AvgIpc) is 3.64. The Bertz CT molecular complexity index is 1240. The molecule has 1 amide bonds. The molecule has 0 spiro atoms. The molecule has 37 heavy (non-hydrogen) atoms. The van der Waals surface area contributed by atoms with Crippen LogP contribution in [-0.4, -0.2) is 37.6 Å². The molecule has 12 heteroatoms. The van der Waals surface area contributed by atoms with Gasteiger partial charge < -0.3 is 10.4 Å². The van der Waals surface area contributed by atoms with E-state index in [1.165, 1.54) is 31.4 Å². The molecule has 3 N–H and O–H groups in total. The zero-order chi connectivity index (χ0) is 27.4. The number of carbonyl (C=O) groups is 2. The Morgan fingerprint density at radius 1 is 1.03 bits per heavy atom. The smallest absolute Gasteiger partial charge is 0.475 e. The Morgan fingerprint density at radius 2 is 1.59 bits per heavy atom. The van der Waals surface area contributed by atoms with Gasteiger partial charge in [-0.1, -0.05) is 49.1 Å². The number of benzene rings is 2. The van der Waals surface area contributed by atoms with Crippen LogP contribution in [-0.2, 0) is 25.0 Å². The minimum atomic E-state index is -5.08. The van der Waals surface area contributed by atoms with Gasteiger partial charge in [-0.15, -0.1) is 0 Å². The minimum Gasteiger partial charge on any atom is -0.475 e. The van der Waals surface area contributed by atoms with Crippen molar-refractivity contribution in [3.63, 3.8) is 0 Å². The lowest BCUT2D eigenvalue weighted by Crippen LogP contribution is -2.42. The van der Waals surface area contributed by atoms with Crippen LogP contribution in [0.2, 0.25) is 5.02 Å². The molecule has 0 radical (unpaired) electrons. The van der Waals surface area contributed by atoms with Crippen LogP contribution < -0.4 is 10.0 Å². The van der Waals surface area contributed by atoms with Gasteiger partial charge in [-0.05, 0) is 68.0 Å². The highest BCUT2D eigenvalue weighted by Gasteiger charge is 2.51. The van der Waals surface area contributed by atoms with Gasteiger partial charge in [0.1, 0.15) is 0 Å². The topological polar surface area (TPSA) is 113 Å². The van der Waals surface area contributed by atoms with E-state index in [0.29, 0.717) is 10.7 Å². The summed E-state index contributed by atoms with van der Waals surface area (Å²) in [5.74, 6) is -2.65. The summed E-state index contributed by atoms with van der Waals surface area (Å²) in [6.07, 6.45) is 2.32. The third kappa shape index (κ3) is 7.38. The number of anilines is 1. The molecule has 4 rings (SSSR count). The van der Waals surface area contributed by atoms with Crippen LogP contribution in [0.25, 0.3) is 0 Å². The maximum Gasteiger partial charge on any atom is 0.490 e. The molecule has 0 saturated heterocycles. The molecule has 2 aliphatic carbocycles. The molecule has 2 fully saturated rings. The fourth-order valence-electron chi connectivity index (χ4n) is 4.15. The lowest BCUT2D eigenvalue weighted by atomic mass is 9.91. The number of sulfonamides is 1. The van der Waals surface area contributed by atoms with Crippen LogP contribution >= 0.6 is 11.6 Å². The molecule has 0 heterocycles. The maximum atomic E-state index is 12.9. The predicted octanol–water partition coefficient (Wildman–Crippen LogP) is 5.56. The normalized spacial score (nSPS) is 17.2. The van der Waals surface area contributed by atoms with E-state index < -0.39 is 27.6 Å². The number of alkyl halides is 3. The van der Waals surface area contributed by atoms with E-state index in [2.05, 4.69) is 10.0 Å². The standard InChI is InChI=1S/C23H27ClN2O3S.C2HF3O2/c1-16-7-12-20(15-21(16)24)30(28,29)26-19-10-8-17(9-11-19)23(13-14-23)22(27)25-18-5-3-2-4-6-18;3-2(4,5)1(6)7/h7-12,15,18,26H,2-6,13-14H2,1H3,(H,25,27);(H,6,7). The second-order valence-corrected chi connectivity index (χ2v) is 11.4. The van der Waals surface area contributed by atoms with Crippen molar-refractivity contribution in [2.45, 2.75) is 74.4 Å². The molecule has 2 aromatic rings. The van der Waals surface area contributed by atoms with Crippen molar-refractivity contribution in [3.8, 4) is 0 Å². The molecule has 2 aliphatic rings. The Hall–Kier alpha value is -2.79. The van der Waals surface area contributed by atoms with Crippen molar-refractivity contribution in [1.82, 2.24) is 5.32 Å². The summed E-state index contributed by atoms with van der Waals surface area (Å²) >= 11 is 6.07. The first-order chi connectivity index (χ1) is 17.2. The third-order valence-electron chi connectivity index (χ3n) is 6.51. The number of aryl methyl sites for hydroxylation is 1. The summed E-state index contributed by atoms with van der Waals surface area (Å²) in [6, 6.07) is 12.1. The molecule has 2 aromatic carbocycles. The summed E-state index contributed by atoms with van der Waals surface area (Å²) in [6.45, 7) is 1.82. The van der Waals surface area contributed by atoms with E-state index in [9.17, 15) is 26.4 Å². The van der Waals surface area contributed by atoms with E-state index in [1.807, 2.05) is 19.1 Å². The van der Waals surface area contributed by atoms with Crippen molar-refractivity contribution in [1.29, 1.82) is 0 Å². The van der Waals surface area contributed by atoms with Crippen LogP contribution in [0.4, 0.5) is 18.9 Å². The number of rotatable bonds is 6. The van der Waals surface area contributed by atoms with Crippen molar-refractivity contribution in [3.05, 3.63) is 58.6 Å². The van der Waals surface area contributed by atoms with Gasteiger partial charge >= 0.3 is 12.1 Å². The van der Waals surface area contributed by atoms with Gasteiger partial charge in [0.2, 0.25) is 5.91 Å². The van der Waals surface area contributed by atoms with E-state index in [0.717, 1.165) is 36.8 Å². The predicted molar refractivity (Wildman–Crippen MR) is 133 cm³/mol. The Labute approximate surface area is 218 Å². The molecule has 7 nitrogen and oxygen atoms in total. The first kappa shape index (κ1) is 28.8. The second-order valence-electron chi connectivity index (χ2n) is 9.29. The van der Waals surface area contributed by atoms with Gasteiger partial charge in [0, 0.05) is 16.8 Å². The Morgan fingerprint density at radius 3 is 2.08 bits per heavy atom. The maximum absolute atomic E-state index is 12.9. The van der Waals surface area contributed by atoms with Crippen molar-refractivity contribution in [2.75, 3.05) is 4.72 Å². The average molecular weight is 561 g/mol. The van der Waals surface area contributed by atoms with Gasteiger partial charge in [-0.25, -0.2) is 13.2 Å². The lowest BCUT2D eigenvalue weighted by Gasteiger charge is -2.25. The largest absolute Gasteiger partial charge is 0.490 e. The van der Waals surface area contributed by atoms with Gasteiger partial charge in [0.15, 0.2) is 0 Å². The molecule has 202 valence electrons. The van der Waals surface area contributed by atoms with Gasteiger partial charge in [-0.2, -0.15) is 13.2 Å². The molecule has 2 saturated carbocycles. The molecule has 0 aliphatic heterocycles. The quantitative estimate of drug-likeness (QED) is 0.428. The summed E-state index contributed by atoms with van der Waals surface area (Å²) in [4.78, 5) is 21.9. The number of carboxylic acids is 1. The van der Waals surface area contributed by atoms with E-state index in [1.54, 1.807) is 18.2 Å². The molecular weight excluding hydrogens is 533 g/mol. The van der Waals surface area contributed by atoms with E-state index in [4.69, 9.17) is 21.5 Å². The van der Waals surface area contributed by atoms with Crippen LogP contribution in [0.3, 0.4) is 0 Å². The van der Waals surface area contributed by atoms with Crippen molar-refractivity contribution >= 4 is 39.2 Å². The minimum absolute atomic E-state index is 0.108. The molecule has 0 bridgehead atoms. The van der Waals surface area contributed by atoms with Gasteiger partial charge in [0.05, 0.1) is 10.3 Å². The van der Waals surface area contributed by atoms with Crippen molar-refractivity contribution < 1.29 is 36.3 Å². The molecule has 0 unspecified atom stereocenters. The number of nitrogens with one attached hydrogen (secondary N) is 2. The Balaban J connectivity index is 0.000000479. The fraction of sp³-hybridized carbons (Fsp3) is 0.440. The van der Waals surface area contributed by atoms with Gasteiger partial charge in [-0.3, -0.25) is 9.52 Å². The SMILES string of the molecule is Cc1ccc(S(=O)(=O)Nc2ccc(C3(C(=O)NC4CCCCC4)CC3)cc2)cc1Cl.O=C(O)C(F)(F)F. The zero-order valence-corrected chi connectivity index (χ0v) is 21.6. The van der Waals surface area contributed by atoms with Crippen LogP contribution in [0, 0.1) is 6.92 Å². The number of hydrogen-bond donors (Lipinski definition) is 3. The van der Waals surface area contributed by atoms with Crippen LogP contribution in [0.1, 0.15) is 56.1 Å². The zero-order valence-electron chi connectivity index (χ0n) is 20.1. The second kappa shape index (κ2) is 11.3. The summed E-state index contributed by atoms with van der Waals surface area (Å²) in [7, 11) is -3.73. The number of amides is 1. The number of halogens is 4. The highest BCUT2D eigenvalue weighted by atomic mass is 35.5. The summed E-state index contributed by atoms with van der Waals surface area (Å²) in [5.41, 5.74) is 1.76. The first-order valence-corrected chi connectivity index (χ1v) is 13.6. The lowest BCUT2D eigenvalue weighted by molar-refractivity contribution is -0.192. The molecule has 0 atom stereocenters. The highest BCUT2D eigenvalue weighted by Crippen LogP contribution is 2.49. The molecular formula is C25H28ClF3N2O5S. The number of carbonyl (C=O) groups excluding carboxylic acids is 1.